The van der Waals surface area contributed by atoms with Crippen LogP contribution >= 0.6 is 0 Å². The molecule has 132 valence electrons. The molecule has 1 rings (SSSR count). The molecule has 23 heavy (non-hydrogen) atoms. The smallest absolute Gasteiger partial charge is 0.191 e. The molecule has 0 bridgehead atoms. The fourth-order valence-electron chi connectivity index (χ4n) is 2.25. The molecule has 1 unspecified atom stereocenters. The molecular formula is C19H35NO2Si. The van der Waals surface area contributed by atoms with Crippen LogP contribution in [0.2, 0.25) is 18.1 Å². The van der Waals surface area contributed by atoms with E-state index in [-0.39, 0.29) is 5.04 Å². The van der Waals surface area contributed by atoms with Crippen LogP contribution in [0, 0.1) is 0 Å². The van der Waals surface area contributed by atoms with Gasteiger partial charge in [-0.05, 0) is 42.1 Å². The average molecular weight is 338 g/mol. The van der Waals surface area contributed by atoms with E-state index in [1.54, 1.807) is 7.11 Å². The molecule has 0 heterocycles. The van der Waals surface area contributed by atoms with Crippen molar-refractivity contribution in [3.8, 4) is 5.75 Å². The van der Waals surface area contributed by atoms with Crippen molar-refractivity contribution >= 4 is 14.0 Å². The first-order valence-corrected chi connectivity index (χ1v) is 11.4. The highest BCUT2D eigenvalue weighted by molar-refractivity contribution is 6.74. The Morgan fingerprint density at radius 3 is 2.26 bits per heavy atom. The molecule has 0 aliphatic carbocycles. The summed E-state index contributed by atoms with van der Waals surface area (Å²) in [5, 5.41) is 0.265. The lowest BCUT2D eigenvalue weighted by Crippen LogP contribution is -2.41. The van der Waals surface area contributed by atoms with Crippen LogP contribution in [0.4, 0.5) is 5.69 Å². The van der Waals surface area contributed by atoms with Crippen LogP contribution < -0.4 is 9.64 Å². The Hall–Kier alpha value is -1.00. The van der Waals surface area contributed by atoms with Crippen molar-refractivity contribution in [2.24, 2.45) is 0 Å². The Kier molecular flexibility index (Phi) is 6.72. The quantitative estimate of drug-likeness (QED) is 0.632. The molecular weight excluding hydrogens is 302 g/mol. The highest BCUT2D eigenvalue weighted by atomic mass is 28.4. The molecule has 0 radical (unpaired) electrons. The number of anilines is 1. The molecule has 0 fully saturated rings. The van der Waals surface area contributed by atoms with Crippen LogP contribution in [0.5, 0.6) is 5.75 Å². The third kappa shape index (κ3) is 5.25. The van der Waals surface area contributed by atoms with Gasteiger partial charge in [0.05, 0.1) is 7.11 Å². The van der Waals surface area contributed by atoms with Crippen LogP contribution in [0.25, 0.3) is 0 Å². The van der Waals surface area contributed by atoms with Gasteiger partial charge < -0.3 is 14.1 Å². The topological polar surface area (TPSA) is 21.7 Å². The van der Waals surface area contributed by atoms with Gasteiger partial charge in [0.2, 0.25) is 0 Å². The molecule has 0 aliphatic rings. The number of hydrogen-bond donors (Lipinski definition) is 0. The summed E-state index contributed by atoms with van der Waals surface area (Å²) in [6.45, 7) is 14.5. The van der Waals surface area contributed by atoms with E-state index in [1.165, 1.54) is 5.56 Å². The minimum Gasteiger partial charge on any atom is -0.496 e. The summed E-state index contributed by atoms with van der Waals surface area (Å²) in [5.41, 5.74) is 2.42. The van der Waals surface area contributed by atoms with Gasteiger partial charge in [-0.1, -0.05) is 33.8 Å². The summed E-state index contributed by atoms with van der Waals surface area (Å²) in [7, 11) is 4.18. The molecule has 4 heteroatoms. The Morgan fingerprint density at radius 2 is 1.78 bits per heavy atom. The minimum absolute atomic E-state index is 0.265. The highest BCUT2D eigenvalue weighted by Gasteiger charge is 2.36. The SMILES string of the molecule is COc1cc(N(C)C)ccc1C(C)CCO[Si](C)(C)C(C)(C)C. The zero-order valence-corrected chi connectivity index (χ0v) is 17.5. The molecule has 1 aromatic carbocycles. The van der Waals surface area contributed by atoms with Gasteiger partial charge in [0.25, 0.3) is 0 Å². The molecule has 0 N–H and O–H groups in total. The fourth-order valence-corrected chi connectivity index (χ4v) is 3.31. The first-order chi connectivity index (χ1) is 10.5. The predicted molar refractivity (Wildman–Crippen MR) is 104 cm³/mol. The van der Waals surface area contributed by atoms with Crippen molar-refractivity contribution in [1.29, 1.82) is 0 Å². The Bertz CT molecular complexity index is 507. The van der Waals surface area contributed by atoms with Gasteiger partial charge in [-0.3, -0.25) is 0 Å². The van der Waals surface area contributed by atoms with E-state index in [9.17, 15) is 0 Å². The van der Waals surface area contributed by atoms with Crippen molar-refractivity contribution in [3.05, 3.63) is 23.8 Å². The van der Waals surface area contributed by atoms with Gasteiger partial charge >= 0.3 is 0 Å². The van der Waals surface area contributed by atoms with Crippen LogP contribution in [-0.4, -0.2) is 36.1 Å². The molecule has 1 atom stereocenters. The lowest BCUT2D eigenvalue weighted by molar-refractivity contribution is 0.273. The number of rotatable bonds is 7. The number of hydrogen-bond acceptors (Lipinski definition) is 3. The van der Waals surface area contributed by atoms with Crippen molar-refractivity contribution in [2.45, 2.75) is 58.2 Å². The van der Waals surface area contributed by atoms with E-state index >= 15 is 0 Å². The summed E-state index contributed by atoms with van der Waals surface area (Å²) < 4.78 is 11.9. The highest BCUT2D eigenvalue weighted by Crippen LogP contribution is 2.37. The lowest BCUT2D eigenvalue weighted by atomic mass is 9.97. The van der Waals surface area contributed by atoms with Gasteiger partial charge in [0.15, 0.2) is 8.32 Å². The monoisotopic (exact) mass is 337 g/mol. The van der Waals surface area contributed by atoms with E-state index in [1.807, 2.05) is 14.1 Å². The standard InChI is InChI=1S/C19H35NO2Si/c1-15(12-13-22-23(8,9)19(2,3)4)17-11-10-16(20(5)6)14-18(17)21-7/h10-11,14-15H,12-13H2,1-9H3. The number of methoxy groups -OCH3 is 1. The summed E-state index contributed by atoms with van der Waals surface area (Å²) in [6.07, 6.45) is 1.02. The Balaban J connectivity index is 2.74. The maximum atomic E-state index is 6.31. The lowest BCUT2D eigenvalue weighted by Gasteiger charge is -2.36. The number of ether oxygens (including phenoxy) is 1. The summed E-state index contributed by atoms with van der Waals surface area (Å²) in [6, 6.07) is 6.45. The van der Waals surface area contributed by atoms with E-state index in [0.717, 1.165) is 24.5 Å². The van der Waals surface area contributed by atoms with Gasteiger partial charge in [0.1, 0.15) is 5.75 Å². The minimum atomic E-state index is -1.66. The maximum absolute atomic E-state index is 6.31. The summed E-state index contributed by atoms with van der Waals surface area (Å²) in [5.74, 6) is 1.39. The molecule has 0 spiro atoms. The molecule has 1 aromatic rings. The molecule has 3 nitrogen and oxygen atoms in total. The summed E-state index contributed by atoms with van der Waals surface area (Å²) >= 11 is 0. The summed E-state index contributed by atoms with van der Waals surface area (Å²) in [4.78, 5) is 2.09. The zero-order valence-electron chi connectivity index (χ0n) is 16.5. The first-order valence-electron chi connectivity index (χ1n) is 8.49. The van der Waals surface area contributed by atoms with E-state index in [2.05, 4.69) is 63.9 Å². The first kappa shape index (κ1) is 20.0. The normalized spacial score (nSPS) is 13.8. The van der Waals surface area contributed by atoms with Crippen molar-refractivity contribution < 1.29 is 9.16 Å². The molecule has 0 saturated carbocycles. The molecule has 0 amide bonds. The fraction of sp³-hybridized carbons (Fsp3) is 0.684. The van der Waals surface area contributed by atoms with Crippen LogP contribution in [-0.2, 0) is 4.43 Å². The molecule has 0 aliphatic heterocycles. The van der Waals surface area contributed by atoms with Gasteiger partial charge in [-0.2, -0.15) is 0 Å². The zero-order chi connectivity index (χ0) is 17.8. The van der Waals surface area contributed by atoms with Gasteiger partial charge in [-0.25, -0.2) is 0 Å². The van der Waals surface area contributed by atoms with Gasteiger partial charge in [0, 0.05) is 32.5 Å². The molecule has 0 aromatic heterocycles. The largest absolute Gasteiger partial charge is 0.496 e. The second kappa shape index (κ2) is 7.71. The van der Waals surface area contributed by atoms with E-state index in [4.69, 9.17) is 9.16 Å². The average Bonchev–Trinajstić information content (AvgIpc) is 2.44. The second-order valence-corrected chi connectivity index (χ2v) is 12.9. The third-order valence-electron chi connectivity index (χ3n) is 5.08. The van der Waals surface area contributed by atoms with Crippen molar-refractivity contribution in [3.63, 3.8) is 0 Å². The molecule has 0 saturated heterocycles. The van der Waals surface area contributed by atoms with Crippen molar-refractivity contribution in [2.75, 3.05) is 32.7 Å². The van der Waals surface area contributed by atoms with Gasteiger partial charge in [-0.15, -0.1) is 0 Å². The van der Waals surface area contributed by atoms with E-state index in [0.29, 0.717) is 5.92 Å². The third-order valence-corrected chi connectivity index (χ3v) is 9.62. The van der Waals surface area contributed by atoms with Crippen LogP contribution in [0.1, 0.15) is 45.6 Å². The Morgan fingerprint density at radius 1 is 1.17 bits per heavy atom. The maximum Gasteiger partial charge on any atom is 0.191 e. The number of benzene rings is 1. The predicted octanol–water partition coefficient (Wildman–Crippen LogP) is 5.28. The van der Waals surface area contributed by atoms with Crippen molar-refractivity contribution in [1.82, 2.24) is 0 Å². The van der Waals surface area contributed by atoms with Crippen LogP contribution in [0.3, 0.4) is 0 Å². The Labute approximate surface area is 144 Å². The van der Waals surface area contributed by atoms with E-state index < -0.39 is 8.32 Å². The second-order valence-electron chi connectivity index (χ2n) is 8.12. The number of nitrogens with zero attached hydrogens (tertiary/aromatic N) is 1. The van der Waals surface area contributed by atoms with Crippen LogP contribution in [0.15, 0.2) is 18.2 Å².